The lowest BCUT2D eigenvalue weighted by atomic mass is 9.92. The summed E-state index contributed by atoms with van der Waals surface area (Å²) >= 11 is 0. The summed E-state index contributed by atoms with van der Waals surface area (Å²) in [4.78, 5) is 29.5. The van der Waals surface area contributed by atoms with Gasteiger partial charge in [-0.2, -0.15) is 5.10 Å². The van der Waals surface area contributed by atoms with E-state index in [1.54, 1.807) is 26.7 Å². The second-order valence-corrected chi connectivity index (χ2v) is 10.0. The van der Waals surface area contributed by atoms with Crippen LogP contribution in [0.2, 0.25) is 0 Å². The standard InChI is InChI=1S/C28H33FN4O3/c1-19(2)21-16-22(20-8-6-13-32(18-20)25(34)9-15-33-14-7-10-30-33)26(29)23-17-24(36-27(21)23)28(35)31-11-4-3-5-12-31/h7-8,10,14,16-17,19H,3-6,9,11-13,15,18H2,1-2H3. The largest absolute Gasteiger partial charge is 0.450 e. The molecule has 0 unspecified atom stereocenters. The van der Waals surface area contributed by atoms with Crippen LogP contribution in [0, 0.1) is 5.82 Å². The third-order valence-corrected chi connectivity index (χ3v) is 7.21. The summed E-state index contributed by atoms with van der Waals surface area (Å²) < 4.78 is 23.7. The van der Waals surface area contributed by atoms with E-state index in [1.807, 2.05) is 38.3 Å². The van der Waals surface area contributed by atoms with E-state index in [0.29, 0.717) is 62.1 Å². The molecule has 0 aliphatic carbocycles. The highest BCUT2D eigenvalue weighted by molar-refractivity contribution is 5.98. The Balaban J connectivity index is 1.42. The number of hydrogen-bond acceptors (Lipinski definition) is 4. The highest BCUT2D eigenvalue weighted by Gasteiger charge is 2.27. The van der Waals surface area contributed by atoms with Gasteiger partial charge in [0.25, 0.3) is 5.91 Å². The molecule has 0 atom stereocenters. The maximum atomic E-state index is 15.9. The number of carbonyl (C=O) groups excluding carboxylic acids is 2. The zero-order valence-electron chi connectivity index (χ0n) is 21.0. The summed E-state index contributed by atoms with van der Waals surface area (Å²) in [5.74, 6) is -0.274. The van der Waals surface area contributed by atoms with Crippen molar-refractivity contribution in [3.63, 3.8) is 0 Å². The molecule has 5 rings (SSSR count). The average molecular weight is 493 g/mol. The van der Waals surface area contributed by atoms with Crippen molar-refractivity contribution < 1.29 is 18.4 Å². The molecule has 4 heterocycles. The minimum atomic E-state index is -0.395. The van der Waals surface area contributed by atoms with Gasteiger partial charge in [-0.05, 0) is 54.9 Å². The van der Waals surface area contributed by atoms with E-state index in [4.69, 9.17) is 4.42 Å². The number of carbonyl (C=O) groups is 2. The van der Waals surface area contributed by atoms with Crippen LogP contribution in [-0.4, -0.2) is 57.6 Å². The highest BCUT2D eigenvalue weighted by atomic mass is 19.1. The van der Waals surface area contributed by atoms with Gasteiger partial charge in [-0.25, -0.2) is 4.39 Å². The molecule has 2 aromatic heterocycles. The van der Waals surface area contributed by atoms with Crippen LogP contribution in [-0.2, 0) is 11.3 Å². The first-order valence-electron chi connectivity index (χ1n) is 12.9. The topological polar surface area (TPSA) is 71.6 Å². The number of nitrogens with zero attached hydrogens (tertiary/aromatic N) is 4. The summed E-state index contributed by atoms with van der Waals surface area (Å²) in [5, 5.41) is 4.49. The predicted molar refractivity (Wildman–Crippen MR) is 136 cm³/mol. The van der Waals surface area contributed by atoms with Gasteiger partial charge in [-0.3, -0.25) is 14.3 Å². The van der Waals surface area contributed by atoms with Crippen molar-refractivity contribution in [3.05, 3.63) is 59.4 Å². The number of benzene rings is 1. The summed E-state index contributed by atoms with van der Waals surface area (Å²) in [6.07, 6.45) is 9.64. The Hall–Kier alpha value is -3.42. The number of amides is 2. The molecule has 190 valence electrons. The lowest BCUT2D eigenvalue weighted by Gasteiger charge is -2.28. The fraction of sp³-hybridized carbons (Fsp3) is 0.464. The van der Waals surface area contributed by atoms with Crippen LogP contribution in [0.4, 0.5) is 4.39 Å². The molecule has 0 saturated carbocycles. The molecule has 0 N–H and O–H groups in total. The third-order valence-electron chi connectivity index (χ3n) is 7.21. The maximum absolute atomic E-state index is 15.9. The summed E-state index contributed by atoms with van der Waals surface area (Å²) in [6, 6.07) is 5.23. The monoisotopic (exact) mass is 492 g/mol. The quantitative estimate of drug-likeness (QED) is 0.473. The van der Waals surface area contributed by atoms with Gasteiger partial charge in [0, 0.05) is 63.2 Å². The van der Waals surface area contributed by atoms with Gasteiger partial charge < -0.3 is 14.2 Å². The number of fused-ring (bicyclic) bond motifs is 1. The Morgan fingerprint density at radius 3 is 2.64 bits per heavy atom. The van der Waals surface area contributed by atoms with Crippen molar-refractivity contribution in [2.45, 2.75) is 58.4 Å². The molecule has 2 aliphatic heterocycles. The van der Waals surface area contributed by atoms with E-state index in [0.717, 1.165) is 30.4 Å². The molecule has 36 heavy (non-hydrogen) atoms. The Morgan fingerprint density at radius 2 is 1.92 bits per heavy atom. The lowest BCUT2D eigenvalue weighted by Crippen LogP contribution is -2.36. The van der Waals surface area contributed by atoms with Crippen molar-refractivity contribution in [3.8, 4) is 0 Å². The van der Waals surface area contributed by atoms with E-state index < -0.39 is 5.82 Å². The van der Waals surface area contributed by atoms with Crippen LogP contribution >= 0.6 is 0 Å². The Bertz CT molecular complexity index is 1290. The number of furan rings is 1. The Labute approximate surface area is 210 Å². The van der Waals surface area contributed by atoms with E-state index in [-0.39, 0.29) is 23.5 Å². The second-order valence-electron chi connectivity index (χ2n) is 10.0. The highest BCUT2D eigenvalue weighted by Crippen LogP contribution is 2.36. The van der Waals surface area contributed by atoms with Crippen molar-refractivity contribution in [2.24, 2.45) is 0 Å². The number of hydrogen-bond donors (Lipinski definition) is 0. The number of halogens is 1. The molecule has 0 spiro atoms. The molecule has 1 fully saturated rings. The van der Waals surface area contributed by atoms with E-state index >= 15 is 4.39 Å². The molecule has 7 nitrogen and oxygen atoms in total. The van der Waals surface area contributed by atoms with E-state index in [1.165, 1.54) is 0 Å². The van der Waals surface area contributed by atoms with Crippen LogP contribution in [0.3, 0.4) is 0 Å². The van der Waals surface area contributed by atoms with Gasteiger partial charge in [-0.1, -0.05) is 19.9 Å². The zero-order valence-corrected chi connectivity index (χ0v) is 21.0. The van der Waals surface area contributed by atoms with Gasteiger partial charge in [0.2, 0.25) is 5.91 Å². The minimum absolute atomic E-state index is 0.0272. The van der Waals surface area contributed by atoms with Crippen molar-refractivity contribution in [1.82, 2.24) is 19.6 Å². The van der Waals surface area contributed by atoms with Gasteiger partial charge in [0.1, 0.15) is 11.4 Å². The van der Waals surface area contributed by atoms with Crippen LogP contribution in [0.5, 0.6) is 0 Å². The average Bonchev–Trinajstić information content (AvgIpc) is 3.58. The second kappa shape index (κ2) is 10.3. The first kappa shape index (κ1) is 24.3. The van der Waals surface area contributed by atoms with Gasteiger partial charge >= 0.3 is 0 Å². The molecule has 1 saturated heterocycles. The van der Waals surface area contributed by atoms with Gasteiger partial charge in [0.05, 0.1) is 5.39 Å². The Morgan fingerprint density at radius 1 is 1.11 bits per heavy atom. The molecule has 3 aromatic rings. The molecule has 0 radical (unpaired) electrons. The smallest absolute Gasteiger partial charge is 0.289 e. The molecule has 0 bridgehead atoms. The van der Waals surface area contributed by atoms with E-state index in [2.05, 4.69) is 5.10 Å². The van der Waals surface area contributed by atoms with Gasteiger partial charge in [0.15, 0.2) is 5.76 Å². The number of aryl methyl sites for hydroxylation is 1. The molecule has 1 aromatic carbocycles. The first-order valence-corrected chi connectivity index (χ1v) is 12.9. The van der Waals surface area contributed by atoms with Crippen LogP contribution in [0.25, 0.3) is 16.5 Å². The number of aromatic nitrogens is 2. The van der Waals surface area contributed by atoms with Crippen LogP contribution in [0.15, 0.2) is 41.1 Å². The minimum Gasteiger partial charge on any atom is -0.450 e. The van der Waals surface area contributed by atoms with Crippen molar-refractivity contribution >= 4 is 28.4 Å². The molecule has 8 heteroatoms. The fourth-order valence-electron chi connectivity index (χ4n) is 5.17. The molecule has 2 amide bonds. The fourth-order valence-corrected chi connectivity index (χ4v) is 5.17. The van der Waals surface area contributed by atoms with Gasteiger partial charge in [-0.15, -0.1) is 0 Å². The summed E-state index contributed by atoms with van der Waals surface area (Å²) in [6.45, 7) is 6.96. The predicted octanol–water partition coefficient (Wildman–Crippen LogP) is 5.22. The Kier molecular flexibility index (Phi) is 6.94. The third kappa shape index (κ3) is 4.81. The number of rotatable bonds is 6. The summed E-state index contributed by atoms with van der Waals surface area (Å²) in [5.41, 5.74) is 2.57. The summed E-state index contributed by atoms with van der Waals surface area (Å²) in [7, 11) is 0. The molecule has 2 aliphatic rings. The zero-order chi connectivity index (χ0) is 25.2. The normalized spacial score (nSPS) is 16.6. The van der Waals surface area contributed by atoms with Crippen molar-refractivity contribution in [2.75, 3.05) is 26.2 Å². The molecular formula is C28H33FN4O3. The number of likely N-dealkylation sites (tertiary alicyclic amines) is 1. The van der Waals surface area contributed by atoms with Crippen LogP contribution in [0.1, 0.15) is 73.6 Å². The first-order chi connectivity index (χ1) is 17.4. The van der Waals surface area contributed by atoms with Crippen LogP contribution < -0.4 is 0 Å². The number of piperidine rings is 1. The SMILES string of the molecule is CC(C)c1cc(C2=CCCN(C(=O)CCn3cccn3)C2)c(F)c2cc(C(=O)N3CCCCC3)oc12. The lowest BCUT2D eigenvalue weighted by molar-refractivity contribution is -0.131. The maximum Gasteiger partial charge on any atom is 0.289 e. The van der Waals surface area contributed by atoms with E-state index in [9.17, 15) is 9.59 Å². The molecular weight excluding hydrogens is 459 g/mol. The van der Waals surface area contributed by atoms with Crippen molar-refractivity contribution in [1.29, 1.82) is 0 Å².